The number of alkyl halides is 3. The molecule has 0 spiro atoms. The van der Waals surface area contributed by atoms with E-state index in [-0.39, 0.29) is 11.5 Å². The Bertz CT molecular complexity index is 341. The first-order valence-corrected chi connectivity index (χ1v) is 4.73. The largest absolute Gasteiger partial charge is 0.419 e. The van der Waals surface area contributed by atoms with E-state index in [1.165, 1.54) is 12.1 Å². The van der Waals surface area contributed by atoms with E-state index in [4.69, 9.17) is 0 Å². The molecule has 15 heavy (non-hydrogen) atoms. The van der Waals surface area contributed by atoms with Crippen LogP contribution in [-0.2, 0) is 6.18 Å². The first kappa shape index (κ1) is 12.0. The van der Waals surface area contributed by atoms with Gasteiger partial charge in [0.05, 0.1) is 5.56 Å². The Morgan fingerprint density at radius 2 is 1.87 bits per heavy atom. The number of hydrogen-bond acceptors (Lipinski definition) is 0. The predicted molar refractivity (Wildman–Crippen MR) is 50.1 cm³/mol. The van der Waals surface area contributed by atoms with E-state index in [1.807, 2.05) is 0 Å². The van der Waals surface area contributed by atoms with E-state index in [2.05, 4.69) is 0 Å². The van der Waals surface area contributed by atoms with Gasteiger partial charge in [0, 0.05) is 0 Å². The Morgan fingerprint density at radius 1 is 1.27 bits per heavy atom. The minimum Gasteiger partial charge on any atom is -0.206 e. The molecule has 0 saturated carbocycles. The molecule has 0 aliphatic heterocycles. The molecule has 1 aromatic carbocycles. The Balaban J connectivity index is 3.33. The van der Waals surface area contributed by atoms with Crippen LogP contribution in [-0.4, -0.2) is 0 Å². The van der Waals surface area contributed by atoms with Gasteiger partial charge in [0.15, 0.2) is 0 Å². The molecule has 1 atom stereocenters. The molecule has 0 nitrogen and oxygen atoms in total. The second-order valence-electron chi connectivity index (χ2n) is 3.51. The Kier molecular flexibility index (Phi) is 3.37. The first-order chi connectivity index (χ1) is 6.88. The van der Waals surface area contributed by atoms with Crippen LogP contribution in [0.25, 0.3) is 0 Å². The van der Waals surface area contributed by atoms with Crippen LogP contribution in [0.1, 0.15) is 37.3 Å². The van der Waals surface area contributed by atoms with Crippen molar-refractivity contribution >= 4 is 0 Å². The second-order valence-corrected chi connectivity index (χ2v) is 3.51. The molecule has 84 valence electrons. The molecule has 1 aromatic rings. The quantitative estimate of drug-likeness (QED) is 0.649. The van der Waals surface area contributed by atoms with Gasteiger partial charge in [-0.3, -0.25) is 0 Å². The topological polar surface area (TPSA) is 0 Å². The molecule has 0 saturated heterocycles. The van der Waals surface area contributed by atoms with Crippen LogP contribution in [0.15, 0.2) is 18.2 Å². The summed E-state index contributed by atoms with van der Waals surface area (Å²) in [7, 11) is 0. The van der Waals surface area contributed by atoms with Gasteiger partial charge in [-0.05, 0) is 24.0 Å². The van der Waals surface area contributed by atoms with E-state index in [9.17, 15) is 17.6 Å². The van der Waals surface area contributed by atoms with E-state index >= 15 is 0 Å². The molecular formula is C11H12F4. The fraction of sp³-hybridized carbons (Fsp3) is 0.455. The van der Waals surface area contributed by atoms with Crippen molar-refractivity contribution in [1.82, 2.24) is 0 Å². The number of halogens is 4. The molecule has 1 rings (SSSR count). The van der Waals surface area contributed by atoms with E-state index in [0.29, 0.717) is 6.42 Å². The van der Waals surface area contributed by atoms with Crippen LogP contribution >= 0.6 is 0 Å². The van der Waals surface area contributed by atoms with Crippen molar-refractivity contribution in [1.29, 1.82) is 0 Å². The summed E-state index contributed by atoms with van der Waals surface area (Å²) < 4.78 is 50.8. The lowest BCUT2D eigenvalue weighted by atomic mass is 9.93. The van der Waals surface area contributed by atoms with Crippen molar-refractivity contribution in [3.63, 3.8) is 0 Å². The molecule has 0 bridgehead atoms. The third-order valence-corrected chi connectivity index (χ3v) is 2.47. The molecule has 0 N–H and O–H groups in total. The van der Waals surface area contributed by atoms with Crippen molar-refractivity contribution in [3.8, 4) is 0 Å². The highest BCUT2D eigenvalue weighted by molar-refractivity contribution is 5.33. The van der Waals surface area contributed by atoms with E-state index in [0.717, 1.165) is 6.07 Å². The van der Waals surface area contributed by atoms with Crippen molar-refractivity contribution in [2.45, 2.75) is 32.4 Å². The normalized spacial score (nSPS) is 14.0. The highest BCUT2D eigenvalue weighted by atomic mass is 19.4. The highest BCUT2D eigenvalue weighted by Crippen LogP contribution is 2.37. The van der Waals surface area contributed by atoms with Crippen LogP contribution in [0.3, 0.4) is 0 Å². The van der Waals surface area contributed by atoms with Gasteiger partial charge in [0.1, 0.15) is 5.82 Å². The summed E-state index contributed by atoms with van der Waals surface area (Å²) in [5.41, 5.74) is -1.09. The minimum atomic E-state index is -4.62. The van der Waals surface area contributed by atoms with Crippen LogP contribution in [0.2, 0.25) is 0 Å². The van der Waals surface area contributed by atoms with E-state index < -0.39 is 17.6 Å². The first-order valence-electron chi connectivity index (χ1n) is 4.73. The van der Waals surface area contributed by atoms with Crippen LogP contribution in [0.4, 0.5) is 17.6 Å². The second kappa shape index (κ2) is 4.21. The van der Waals surface area contributed by atoms with Crippen molar-refractivity contribution in [3.05, 3.63) is 35.1 Å². The predicted octanol–water partition coefficient (Wildman–Crippen LogP) is 4.36. The minimum absolute atomic E-state index is 0.0324. The Labute approximate surface area is 85.9 Å². The van der Waals surface area contributed by atoms with Gasteiger partial charge in [0.2, 0.25) is 0 Å². The standard InChI is InChI=1S/C11H12F4/c1-3-7(2)8-5-4-6-9(12)10(8)11(13,14)15/h4-7H,3H2,1-2H3. The van der Waals surface area contributed by atoms with Crippen LogP contribution < -0.4 is 0 Å². The van der Waals surface area contributed by atoms with Crippen molar-refractivity contribution in [2.75, 3.05) is 0 Å². The molecule has 0 aromatic heterocycles. The third-order valence-electron chi connectivity index (χ3n) is 2.47. The smallest absolute Gasteiger partial charge is 0.206 e. The van der Waals surface area contributed by atoms with Gasteiger partial charge in [-0.15, -0.1) is 0 Å². The van der Waals surface area contributed by atoms with Gasteiger partial charge in [-0.25, -0.2) is 4.39 Å². The lowest BCUT2D eigenvalue weighted by Crippen LogP contribution is -2.13. The van der Waals surface area contributed by atoms with Gasteiger partial charge in [-0.1, -0.05) is 26.0 Å². The van der Waals surface area contributed by atoms with Crippen LogP contribution in [0, 0.1) is 5.82 Å². The molecule has 0 heterocycles. The summed E-state index contributed by atoms with van der Waals surface area (Å²) in [5.74, 6) is -1.49. The fourth-order valence-corrected chi connectivity index (χ4v) is 1.47. The van der Waals surface area contributed by atoms with Gasteiger partial charge in [0.25, 0.3) is 0 Å². The maximum Gasteiger partial charge on any atom is 0.419 e. The molecule has 0 fully saturated rings. The summed E-state index contributed by atoms with van der Waals surface area (Å²) >= 11 is 0. The molecule has 1 unspecified atom stereocenters. The SMILES string of the molecule is CCC(C)c1cccc(F)c1C(F)(F)F. The average molecular weight is 220 g/mol. The molecule has 0 radical (unpaired) electrons. The van der Waals surface area contributed by atoms with Crippen LogP contribution in [0.5, 0.6) is 0 Å². The number of benzene rings is 1. The third kappa shape index (κ3) is 2.49. The highest BCUT2D eigenvalue weighted by Gasteiger charge is 2.37. The maximum atomic E-state index is 13.1. The van der Waals surface area contributed by atoms with E-state index in [1.54, 1.807) is 13.8 Å². The Morgan fingerprint density at radius 3 is 2.33 bits per heavy atom. The summed E-state index contributed by atoms with van der Waals surface area (Å²) in [6, 6.07) is 3.49. The monoisotopic (exact) mass is 220 g/mol. The van der Waals surface area contributed by atoms with Crippen molar-refractivity contribution < 1.29 is 17.6 Å². The number of rotatable bonds is 2. The Hall–Kier alpha value is -1.06. The van der Waals surface area contributed by atoms with Gasteiger partial charge >= 0.3 is 6.18 Å². The summed E-state index contributed by atoms with van der Waals surface area (Å²) in [6.07, 6.45) is -4.07. The fourth-order valence-electron chi connectivity index (χ4n) is 1.47. The lowest BCUT2D eigenvalue weighted by molar-refractivity contribution is -0.140. The zero-order chi connectivity index (χ0) is 11.6. The zero-order valence-electron chi connectivity index (χ0n) is 8.53. The summed E-state index contributed by atoms with van der Waals surface area (Å²) in [4.78, 5) is 0. The van der Waals surface area contributed by atoms with Gasteiger partial charge < -0.3 is 0 Å². The number of hydrogen-bond donors (Lipinski definition) is 0. The molecule has 0 amide bonds. The zero-order valence-corrected chi connectivity index (χ0v) is 8.53. The lowest BCUT2D eigenvalue weighted by Gasteiger charge is -2.17. The summed E-state index contributed by atoms with van der Waals surface area (Å²) in [5, 5.41) is 0. The average Bonchev–Trinajstić information content (AvgIpc) is 2.14. The molecule has 4 heteroatoms. The van der Waals surface area contributed by atoms with Gasteiger partial charge in [-0.2, -0.15) is 13.2 Å². The molecular weight excluding hydrogens is 208 g/mol. The summed E-state index contributed by atoms with van der Waals surface area (Å²) in [6.45, 7) is 3.43. The maximum absolute atomic E-state index is 13.1. The molecule has 0 aliphatic carbocycles. The van der Waals surface area contributed by atoms with Crippen molar-refractivity contribution in [2.24, 2.45) is 0 Å². The molecule has 0 aliphatic rings.